The molecule has 0 amide bonds. The molecular weight excluding hydrogens is 627 g/mol. The van der Waals surface area contributed by atoms with Crippen LogP contribution in [0.1, 0.15) is 82.4 Å². The second-order valence-corrected chi connectivity index (χ2v) is 12.6. The van der Waals surface area contributed by atoms with Gasteiger partial charge in [-0.1, -0.05) is 0 Å². The summed E-state index contributed by atoms with van der Waals surface area (Å²) in [4.78, 5) is 31.6. The fourth-order valence-corrected chi connectivity index (χ4v) is 6.07. The Bertz CT molecular complexity index is 1710. The number of carbonyl (C=O) groups excluding carboxylic acids is 1. The van der Waals surface area contributed by atoms with E-state index in [1.807, 2.05) is 64.1 Å². The molecule has 2 fully saturated rings. The van der Waals surface area contributed by atoms with Crippen LogP contribution >= 0.6 is 0 Å². The summed E-state index contributed by atoms with van der Waals surface area (Å²) in [6.45, 7) is 7.82. The van der Waals surface area contributed by atoms with Gasteiger partial charge in [0.15, 0.2) is 0 Å². The molecule has 0 aromatic carbocycles. The quantitative estimate of drug-likeness (QED) is 0.106. The van der Waals surface area contributed by atoms with Crippen LogP contribution in [-0.2, 0) is 38.4 Å². The van der Waals surface area contributed by atoms with Crippen LogP contribution in [0.2, 0.25) is 0 Å². The van der Waals surface area contributed by atoms with E-state index < -0.39 is 23.1 Å². The van der Waals surface area contributed by atoms with Crippen molar-refractivity contribution in [3.8, 4) is 0 Å². The van der Waals surface area contributed by atoms with E-state index in [1.165, 1.54) is 7.11 Å². The predicted octanol–water partition coefficient (Wildman–Crippen LogP) is -0.0868. The van der Waals surface area contributed by atoms with E-state index >= 15 is 0 Å². The number of ether oxygens (including phenoxy) is 1. The Balaban J connectivity index is 0.000000312. The molecule has 7 N–H and O–H groups in total. The summed E-state index contributed by atoms with van der Waals surface area (Å²) in [6.07, 6.45) is 2.35. The van der Waals surface area contributed by atoms with Crippen LogP contribution in [0.3, 0.4) is 0 Å². The number of aryl methyl sites for hydroxylation is 4. The standard InChI is InChI=1S/C17H21N3O3.C16H19N3O3.CH4O.Li.H2O/c1-10-4-13(7-14-6-11(2)19-20-14)18-15(5-10)17(22)8-12(9-17)16(21)23-3;1-9-3-12(6-13-5-10(2)18-19-13)17-14(4-9)16(22)7-11(8-16)15(20)21;1-2;;/h4-6,12,22H,7-9H2,1-3H3,(H,19,20);3-5,11,22H,6-8H2,1-2H3,(H,18,19)(H,20,21);2H,1H3;;1H2/q;;;+1;/p-1. The third-order valence-electron chi connectivity index (χ3n) is 8.46. The number of carbonyl (C=O) groups is 2. The summed E-state index contributed by atoms with van der Waals surface area (Å²) < 4.78 is 4.73. The number of rotatable bonds is 8. The minimum atomic E-state index is -1.12. The molecule has 0 radical (unpaired) electrons. The largest absolute Gasteiger partial charge is 1.00 e. The molecule has 260 valence electrons. The summed E-state index contributed by atoms with van der Waals surface area (Å²) in [6, 6.07) is 11.6. The molecule has 0 unspecified atom stereocenters. The molecule has 6 rings (SSSR count). The minimum absolute atomic E-state index is 0. The third kappa shape index (κ3) is 10.1. The smallest absolute Gasteiger partial charge is 0.870 e. The van der Waals surface area contributed by atoms with E-state index in [2.05, 4.69) is 30.4 Å². The average Bonchev–Trinajstić information content (AvgIpc) is 3.60. The molecule has 0 saturated heterocycles. The molecule has 2 aliphatic carbocycles. The van der Waals surface area contributed by atoms with Crippen LogP contribution in [0.4, 0.5) is 0 Å². The van der Waals surface area contributed by atoms with Crippen LogP contribution in [-0.4, -0.2) is 82.4 Å². The van der Waals surface area contributed by atoms with Gasteiger partial charge < -0.3 is 30.6 Å². The summed E-state index contributed by atoms with van der Waals surface area (Å²) in [5, 5.41) is 51.5. The molecule has 14 nitrogen and oxygen atoms in total. The van der Waals surface area contributed by atoms with Crippen molar-refractivity contribution in [2.75, 3.05) is 14.2 Å². The number of nitrogens with one attached hydrogen (secondary N) is 2. The van der Waals surface area contributed by atoms with E-state index in [9.17, 15) is 19.8 Å². The Labute approximate surface area is 297 Å². The van der Waals surface area contributed by atoms with Gasteiger partial charge in [0.05, 0.1) is 41.7 Å². The van der Waals surface area contributed by atoms with E-state index in [1.54, 1.807) is 0 Å². The maximum absolute atomic E-state index is 11.5. The van der Waals surface area contributed by atoms with Crippen molar-refractivity contribution < 1.29 is 59.1 Å². The monoisotopic (exact) mass is 672 g/mol. The van der Waals surface area contributed by atoms with Gasteiger partial charge in [0.2, 0.25) is 0 Å². The molecule has 4 heterocycles. The van der Waals surface area contributed by atoms with E-state index in [4.69, 9.17) is 14.9 Å². The van der Waals surface area contributed by atoms with Crippen molar-refractivity contribution in [3.05, 3.63) is 93.1 Å². The second-order valence-electron chi connectivity index (χ2n) is 12.6. The van der Waals surface area contributed by atoms with Crippen molar-refractivity contribution in [1.29, 1.82) is 0 Å². The zero-order valence-electron chi connectivity index (χ0n) is 29.1. The summed E-state index contributed by atoms with van der Waals surface area (Å²) in [5.74, 6) is -1.85. The van der Waals surface area contributed by atoms with Crippen molar-refractivity contribution in [2.24, 2.45) is 11.8 Å². The number of aromatic nitrogens is 6. The molecule has 4 aromatic rings. The summed E-state index contributed by atoms with van der Waals surface area (Å²) in [5.41, 5.74) is 6.56. The number of esters is 1. The third-order valence-corrected chi connectivity index (χ3v) is 8.46. The fraction of sp³-hybridized carbons (Fsp3) is 0.471. The van der Waals surface area contributed by atoms with E-state index in [-0.39, 0.29) is 49.1 Å². The minimum Gasteiger partial charge on any atom is -0.870 e. The maximum Gasteiger partial charge on any atom is 1.00 e. The zero-order valence-corrected chi connectivity index (χ0v) is 29.1. The van der Waals surface area contributed by atoms with Crippen molar-refractivity contribution in [3.63, 3.8) is 0 Å². The van der Waals surface area contributed by atoms with Gasteiger partial charge in [-0.15, -0.1) is 0 Å². The first-order valence-corrected chi connectivity index (χ1v) is 15.4. The van der Waals surface area contributed by atoms with Gasteiger partial charge >= 0.3 is 30.8 Å². The zero-order chi connectivity index (χ0) is 34.5. The van der Waals surface area contributed by atoms with Crippen LogP contribution in [0.5, 0.6) is 0 Å². The number of hydrogen-bond acceptors (Lipinski definition) is 11. The first kappa shape index (κ1) is 41.3. The van der Waals surface area contributed by atoms with Gasteiger partial charge in [-0.2, -0.15) is 10.2 Å². The molecule has 4 aromatic heterocycles. The van der Waals surface area contributed by atoms with Gasteiger partial charge in [0.25, 0.3) is 0 Å². The number of methoxy groups -OCH3 is 1. The Morgan fingerprint density at radius 2 is 1.12 bits per heavy atom. The van der Waals surface area contributed by atoms with Gasteiger partial charge in [-0.25, -0.2) is 0 Å². The molecule has 0 aliphatic heterocycles. The van der Waals surface area contributed by atoms with Crippen molar-refractivity contribution in [1.82, 2.24) is 30.4 Å². The first-order chi connectivity index (χ1) is 22.2. The molecule has 49 heavy (non-hydrogen) atoms. The first-order valence-electron chi connectivity index (χ1n) is 15.4. The summed E-state index contributed by atoms with van der Waals surface area (Å²) in [7, 11) is 2.37. The van der Waals surface area contributed by atoms with Gasteiger partial charge in [0, 0.05) is 42.7 Å². The SMILES string of the molecule is CO.COC(=O)C1CC(O)(c2cc(C)cc(Cc3cc(C)[nH]n3)n2)C1.Cc1cc(Cc2cc(C)[nH]n2)nc(C2(O)CC(C(=O)O)C2)c1.[Li+].[OH-]. The van der Waals surface area contributed by atoms with Gasteiger partial charge in [-0.3, -0.25) is 29.8 Å². The number of aromatic amines is 2. The van der Waals surface area contributed by atoms with Crippen LogP contribution in [0, 0.1) is 39.5 Å². The fourth-order valence-electron chi connectivity index (χ4n) is 6.07. The number of hydrogen-bond donors (Lipinski definition) is 6. The second kappa shape index (κ2) is 17.2. The Morgan fingerprint density at radius 3 is 1.45 bits per heavy atom. The molecule has 0 bridgehead atoms. The van der Waals surface area contributed by atoms with Gasteiger partial charge in [0.1, 0.15) is 11.2 Å². The van der Waals surface area contributed by atoms with Crippen molar-refractivity contribution >= 4 is 11.9 Å². The molecule has 15 heteroatoms. The predicted molar refractivity (Wildman–Crippen MR) is 173 cm³/mol. The number of H-pyrrole nitrogens is 2. The molecule has 2 saturated carbocycles. The number of nitrogens with zero attached hydrogens (tertiary/aromatic N) is 4. The van der Waals surface area contributed by atoms with Gasteiger partial charge in [-0.05, 0) is 101 Å². The number of carboxylic acid groups (broad SMARTS) is 1. The number of carboxylic acids is 1. The van der Waals surface area contributed by atoms with Crippen LogP contribution in [0.25, 0.3) is 0 Å². The Hall–Kier alpha value is -3.90. The van der Waals surface area contributed by atoms with E-state index in [0.717, 1.165) is 52.4 Å². The van der Waals surface area contributed by atoms with Crippen molar-refractivity contribution in [2.45, 2.75) is 77.4 Å². The topological polar surface area (TPSA) is 237 Å². The Morgan fingerprint density at radius 1 is 0.735 bits per heavy atom. The van der Waals surface area contributed by atoms with E-state index in [0.29, 0.717) is 37.1 Å². The van der Waals surface area contributed by atoms with Crippen LogP contribution < -0.4 is 18.9 Å². The number of aliphatic hydroxyl groups is 3. The average molecular weight is 673 g/mol. The van der Waals surface area contributed by atoms with Crippen LogP contribution in [0.15, 0.2) is 36.4 Å². The molecular formula is C34H45LiN6O8. The molecule has 0 spiro atoms. The Kier molecular flexibility index (Phi) is 14.4. The molecule has 2 aliphatic rings. The summed E-state index contributed by atoms with van der Waals surface area (Å²) >= 11 is 0. The number of aliphatic hydroxyl groups excluding tert-OH is 1. The maximum atomic E-state index is 11.5. The molecule has 0 atom stereocenters. The number of aliphatic carboxylic acids is 1. The normalized spacial score (nSPS) is 21.9. The number of pyridine rings is 2.